The van der Waals surface area contributed by atoms with Gasteiger partial charge in [0.1, 0.15) is 11.4 Å². The van der Waals surface area contributed by atoms with Gasteiger partial charge in [-0.25, -0.2) is 4.79 Å². The maximum Gasteiger partial charge on any atom is 0.346 e. The molecule has 0 aromatic heterocycles. The van der Waals surface area contributed by atoms with Gasteiger partial charge in [0.15, 0.2) is 0 Å². The highest BCUT2D eigenvalue weighted by Crippen LogP contribution is 2.52. The van der Waals surface area contributed by atoms with Crippen molar-refractivity contribution in [2.24, 2.45) is 22.1 Å². The number of rotatable bonds is 2. The van der Waals surface area contributed by atoms with Crippen LogP contribution >= 0.6 is 0 Å². The normalized spacial score (nSPS) is 35.8. The van der Waals surface area contributed by atoms with Crippen LogP contribution in [-0.2, 0) is 0 Å². The summed E-state index contributed by atoms with van der Waals surface area (Å²) in [6.07, 6.45) is 5.74. The van der Waals surface area contributed by atoms with Gasteiger partial charge in [-0.3, -0.25) is 0 Å². The van der Waals surface area contributed by atoms with Gasteiger partial charge in [0, 0.05) is 6.54 Å². The summed E-state index contributed by atoms with van der Waals surface area (Å²) in [6, 6.07) is -0.107. The summed E-state index contributed by atoms with van der Waals surface area (Å²) in [6.45, 7) is 5.30. The topological polar surface area (TPSA) is 58.7 Å². The average molecular weight is 235 g/mol. The number of nitrogens with zero attached hydrogens (tertiary/aromatic N) is 2. The minimum absolute atomic E-state index is 0.0572. The van der Waals surface area contributed by atoms with Crippen LogP contribution < -0.4 is 5.73 Å². The van der Waals surface area contributed by atoms with Crippen molar-refractivity contribution in [2.45, 2.75) is 51.5 Å². The number of hydrogen-bond donors (Lipinski definition) is 1. The molecule has 17 heavy (non-hydrogen) atoms. The Hall–Kier alpha value is -1.06. The fourth-order valence-electron chi connectivity index (χ4n) is 3.66. The third kappa shape index (κ3) is 1.36. The molecular formula is C13H21N3O. The number of carbonyl (C=O) groups excluding carboxylic acids is 1. The van der Waals surface area contributed by atoms with E-state index in [1.807, 2.05) is 4.90 Å². The summed E-state index contributed by atoms with van der Waals surface area (Å²) in [7, 11) is 0. The van der Waals surface area contributed by atoms with Crippen LogP contribution in [0.25, 0.3) is 0 Å². The molecule has 3 aliphatic rings. The lowest BCUT2D eigenvalue weighted by atomic mass is 9.73. The zero-order valence-electron chi connectivity index (χ0n) is 10.7. The highest BCUT2D eigenvalue weighted by molar-refractivity contribution is 6.06. The molecule has 1 atom stereocenters. The van der Waals surface area contributed by atoms with E-state index in [1.54, 1.807) is 0 Å². The first-order chi connectivity index (χ1) is 7.97. The Morgan fingerprint density at radius 2 is 2.12 bits per heavy atom. The van der Waals surface area contributed by atoms with Gasteiger partial charge in [0.05, 0.1) is 0 Å². The maximum atomic E-state index is 12.1. The first-order valence-corrected chi connectivity index (χ1v) is 6.64. The lowest BCUT2D eigenvalue weighted by Crippen LogP contribution is -2.60. The van der Waals surface area contributed by atoms with Crippen molar-refractivity contribution in [3.63, 3.8) is 0 Å². The van der Waals surface area contributed by atoms with Crippen LogP contribution in [0.2, 0.25) is 0 Å². The van der Waals surface area contributed by atoms with Gasteiger partial charge in [-0.15, -0.1) is 0 Å². The minimum Gasteiger partial charge on any atom is -0.385 e. The molecule has 2 amide bonds. The molecular weight excluding hydrogens is 214 g/mol. The van der Waals surface area contributed by atoms with Crippen LogP contribution in [0.3, 0.4) is 0 Å². The molecule has 0 radical (unpaired) electrons. The Kier molecular flexibility index (Phi) is 2.11. The zero-order valence-corrected chi connectivity index (χ0v) is 10.7. The van der Waals surface area contributed by atoms with Crippen molar-refractivity contribution in [1.82, 2.24) is 4.90 Å². The molecule has 2 N–H and O–H groups in total. The Morgan fingerprint density at radius 3 is 2.65 bits per heavy atom. The number of nitrogens with two attached hydrogens (primary N) is 1. The molecule has 1 unspecified atom stereocenters. The fourth-order valence-corrected chi connectivity index (χ4v) is 3.66. The standard InChI is InChI=1S/C13H21N3O/c1-12(2)6-3-7-13(12)10(14)15-11(17)16(13)8-9-4-5-9/h9H,3-8H2,1-2H3,(H2,14,15,17). The molecule has 2 saturated carbocycles. The molecule has 2 fully saturated rings. The number of amidine groups is 1. The minimum atomic E-state index is -0.285. The van der Waals surface area contributed by atoms with E-state index in [1.165, 1.54) is 12.8 Å². The smallest absolute Gasteiger partial charge is 0.346 e. The third-order valence-corrected chi connectivity index (χ3v) is 4.93. The number of hydrogen-bond acceptors (Lipinski definition) is 2. The second-order valence-corrected chi connectivity index (χ2v) is 6.43. The molecule has 1 spiro atoms. The lowest BCUT2D eigenvalue weighted by molar-refractivity contribution is 0.0992. The van der Waals surface area contributed by atoms with E-state index in [9.17, 15) is 4.79 Å². The molecule has 4 nitrogen and oxygen atoms in total. The van der Waals surface area contributed by atoms with Crippen LogP contribution in [-0.4, -0.2) is 28.9 Å². The van der Waals surface area contributed by atoms with Crippen molar-refractivity contribution in [3.8, 4) is 0 Å². The Morgan fingerprint density at radius 1 is 1.41 bits per heavy atom. The predicted molar refractivity (Wildman–Crippen MR) is 66.8 cm³/mol. The summed E-state index contributed by atoms with van der Waals surface area (Å²) in [5, 5.41) is 0. The van der Waals surface area contributed by atoms with E-state index < -0.39 is 0 Å². The molecule has 2 aliphatic carbocycles. The number of urea groups is 1. The van der Waals surface area contributed by atoms with Gasteiger partial charge in [-0.05, 0) is 43.4 Å². The van der Waals surface area contributed by atoms with Crippen LogP contribution in [0, 0.1) is 11.3 Å². The maximum absolute atomic E-state index is 12.1. The van der Waals surface area contributed by atoms with Crippen molar-refractivity contribution in [1.29, 1.82) is 0 Å². The first-order valence-electron chi connectivity index (χ1n) is 6.64. The van der Waals surface area contributed by atoms with Gasteiger partial charge in [-0.2, -0.15) is 4.99 Å². The van der Waals surface area contributed by atoms with Crippen LogP contribution in [0.5, 0.6) is 0 Å². The Bertz CT molecular complexity index is 397. The molecule has 0 aromatic carbocycles. The van der Waals surface area contributed by atoms with Gasteiger partial charge >= 0.3 is 6.03 Å². The summed E-state index contributed by atoms with van der Waals surface area (Å²) < 4.78 is 0. The van der Waals surface area contributed by atoms with E-state index in [4.69, 9.17) is 5.73 Å². The van der Waals surface area contributed by atoms with Crippen molar-refractivity contribution in [2.75, 3.05) is 6.54 Å². The van der Waals surface area contributed by atoms with E-state index in [2.05, 4.69) is 18.8 Å². The number of carbonyl (C=O) groups is 1. The van der Waals surface area contributed by atoms with E-state index in [0.29, 0.717) is 11.8 Å². The highest BCUT2D eigenvalue weighted by Gasteiger charge is 2.60. The fraction of sp³-hybridized carbons (Fsp3) is 0.846. The highest BCUT2D eigenvalue weighted by atomic mass is 16.2. The zero-order chi connectivity index (χ0) is 12.3. The summed E-state index contributed by atoms with van der Waals surface area (Å²) >= 11 is 0. The molecule has 4 heteroatoms. The summed E-state index contributed by atoms with van der Waals surface area (Å²) in [5.74, 6) is 1.25. The molecule has 3 rings (SSSR count). The second-order valence-electron chi connectivity index (χ2n) is 6.43. The SMILES string of the molecule is CC1(C)CCCC12C(N)=NC(=O)N2CC1CC1. The number of amides is 2. The van der Waals surface area contributed by atoms with E-state index in [-0.39, 0.29) is 17.0 Å². The lowest BCUT2D eigenvalue weighted by Gasteiger charge is -2.44. The molecule has 94 valence electrons. The van der Waals surface area contributed by atoms with E-state index >= 15 is 0 Å². The number of aliphatic imine (C=N–C) groups is 1. The largest absolute Gasteiger partial charge is 0.385 e. The third-order valence-electron chi connectivity index (χ3n) is 4.93. The average Bonchev–Trinajstić information content (AvgIpc) is 2.94. The quantitative estimate of drug-likeness (QED) is 0.797. The summed E-state index contributed by atoms with van der Waals surface area (Å²) in [4.78, 5) is 18.1. The van der Waals surface area contributed by atoms with Crippen molar-refractivity contribution in [3.05, 3.63) is 0 Å². The van der Waals surface area contributed by atoms with Gasteiger partial charge in [0.25, 0.3) is 0 Å². The predicted octanol–water partition coefficient (Wildman–Crippen LogP) is 2.14. The molecule has 0 bridgehead atoms. The van der Waals surface area contributed by atoms with Crippen molar-refractivity contribution >= 4 is 11.9 Å². The van der Waals surface area contributed by atoms with Gasteiger partial charge in [0.2, 0.25) is 0 Å². The van der Waals surface area contributed by atoms with Crippen molar-refractivity contribution < 1.29 is 4.79 Å². The van der Waals surface area contributed by atoms with Crippen LogP contribution in [0.15, 0.2) is 4.99 Å². The Labute approximate surface area is 102 Å². The summed E-state index contributed by atoms with van der Waals surface area (Å²) in [5.41, 5.74) is 5.89. The molecule has 0 aromatic rings. The first kappa shape index (κ1) is 11.1. The van der Waals surface area contributed by atoms with Gasteiger partial charge < -0.3 is 10.6 Å². The molecule has 0 saturated heterocycles. The van der Waals surface area contributed by atoms with Crippen LogP contribution in [0.1, 0.15) is 46.0 Å². The monoisotopic (exact) mass is 235 g/mol. The second kappa shape index (κ2) is 3.24. The van der Waals surface area contributed by atoms with Crippen LogP contribution in [0.4, 0.5) is 4.79 Å². The molecule has 1 aliphatic heterocycles. The Balaban J connectivity index is 1.98. The molecule has 1 heterocycles. The van der Waals surface area contributed by atoms with Gasteiger partial charge in [-0.1, -0.05) is 13.8 Å². The van der Waals surface area contributed by atoms with E-state index in [0.717, 1.165) is 25.8 Å².